The third kappa shape index (κ3) is 5.90. The van der Waals surface area contributed by atoms with Crippen molar-refractivity contribution in [2.24, 2.45) is 0 Å². The van der Waals surface area contributed by atoms with Crippen molar-refractivity contribution < 1.29 is 35.8 Å². The van der Waals surface area contributed by atoms with Crippen LogP contribution in [0.4, 0.5) is 26.3 Å². The average molecular weight is 699 g/mol. The van der Waals surface area contributed by atoms with E-state index in [4.69, 9.17) is 0 Å². The highest BCUT2D eigenvalue weighted by Crippen LogP contribution is 2.60. The second-order valence-corrected chi connectivity index (χ2v) is 11.0. The molecule has 0 atom stereocenters. The molecule has 0 N–H and O–H groups in total. The Labute approximate surface area is 289 Å². The van der Waals surface area contributed by atoms with Gasteiger partial charge in [-0.2, -0.15) is 31.6 Å². The number of hydrogen-bond donors (Lipinski definition) is 0. The number of nitrogens with zero attached hydrogens (tertiary/aromatic N) is 6. The lowest BCUT2D eigenvalue weighted by Gasteiger charge is -2.16. The van der Waals surface area contributed by atoms with E-state index in [0.29, 0.717) is 33.4 Å². The van der Waals surface area contributed by atoms with E-state index in [-0.39, 0.29) is 55.7 Å². The van der Waals surface area contributed by atoms with Crippen LogP contribution < -0.4 is 9.47 Å². The quantitative estimate of drug-likeness (QED) is 0.151. The topological polar surface area (TPSA) is 161 Å². The Bertz CT molecular complexity index is 2410. The third-order valence-electron chi connectivity index (χ3n) is 8.13. The molecule has 0 heterocycles. The molecule has 2 aliphatic rings. The van der Waals surface area contributed by atoms with E-state index >= 15 is 0 Å². The summed E-state index contributed by atoms with van der Waals surface area (Å²) in [5.74, 6) is -1.25. The first-order valence-electron chi connectivity index (χ1n) is 14.5. The fourth-order valence-corrected chi connectivity index (χ4v) is 6.25. The van der Waals surface area contributed by atoms with E-state index in [1.165, 1.54) is 36.4 Å². The van der Waals surface area contributed by atoms with Crippen molar-refractivity contribution in [1.82, 2.24) is 0 Å². The van der Waals surface area contributed by atoms with Crippen molar-refractivity contribution in [2.75, 3.05) is 0 Å². The van der Waals surface area contributed by atoms with Crippen LogP contribution in [0.25, 0.3) is 44.5 Å². The summed E-state index contributed by atoms with van der Waals surface area (Å²) in [6, 6.07) is 26.7. The Hall–Kier alpha value is -7.78. The summed E-state index contributed by atoms with van der Waals surface area (Å²) >= 11 is 0. The maximum Gasteiger partial charge on any atom is 0.573 e. The number of halogens is 6. The van der Waals surface area contributed by atoms with Crippen LogP contribution in [0, 0.1) is 68.0 Å². The molecule has 0 saturated heterocycles. The number of hydrogen-bond acceptors (Lipinski definition) is 8. The SMILES string of the molecule is N#CC(C#N)=C1C2=C(C(=C(C#N)C#N)c3ccc(-c4ccc(OC(F)(F)F)cc4C#N)cc32)c2cc(-c3ccc(OC(F)(F)F)cc3C#N)ccc21. The van der Waals surface area contributed by atoms with Gasteiger partial charge in [-0.3, -0.25) is 0 Å². The second-order valence-electron chi connectivity index (χ2n) is 11.0. The molecule has 4 aromatic rings. The van der Waals surface area contributed by atoms with E-state index in [9.17, 15) is 57.9 Å². The predicted octanol–water partition coefficient (Wildman–Crippen LogP) is 9.10. The first kappa shape index (κ1) is 34.1. The van der Waals surface area contributed by atoms with Gasteiger partial charge in [0.2, 0.25) is 0 Å². The number of allylic oxidation sites excluding steroid dienone is 6. The van der Waals surface area contributed by atoms with E-state index in [1.807, 2.05) is 36.4 Å². The molecule has 0 fully saturated rings. The van der Waals surface area contributed by atoms with Gasteiger partial charge in [-0.05, 0) is 93.0 Å². The van der Waals surface area contributed by atoms with Crippen LogP contribution >= 0.6 is 0 Å². The molecule has 8 nitrogen and oxygen atoms in total. The van der Waals surface area contributed by atoms with E-state index in [2.05, 4.69) is 9.47 Å². The number of rotatable bonds is 4. The predicted molar refractivity (Wildman–Crippen MR) is 170 cm³/mol. The molecule has 2 aliphatic carbocycles. The van der Waals surface area contributed by atoms with Crippen molar-refractivity contribution in [3.05, 3.63) is 117 Å². The molecule has 0 spiro atoms. The highest BCUT2D eigenvalue weighted by Gasteiger charge is 2.40. The zero-order chi connectivity index (χ0) is 37.5. The molecule has 0 bridgehead atoms. The van der Waals surface area contributed by atoms with Crippen LogP contribution in [0.3, 0.4) is 0 Å². The fourth-order valence-electron chi connectivity index (χ4n) is 6.25. The second kappa shape index (κ2) is 12.6. The normalized spacial score (nSPS) is 12.5. The van der Waals surface area contributed by atoms with Crippen molar-refractivity contribution in [1.29, 1.82) is 31.6 Å². The molecule has 0 unspecified atom stereocenters. The molecule has 14 heteroatoms. The van der Waals surface area contributed by atoms with E-state index in [1.54, 1.807) is 12.1 Å². The Morgan fingerprint density at radius 2 is 0.788 bits per heavy atom. The number of nitriles is 6. The summed E-state index contributed by atoms with van der Waals surface area (Å²) in [7, 11) is 0. The van der Waals surface area contributed by atoms with Gasteiger partial charge in [-0.1, -0.05) is 24.3 Å². The van der Waals surface area contributed by atoms with Crippen LogP contribution in [-0.4, -0.2) is 12.7 Å². The van der Waals surface area contributed by atoms with Crippen molar-refractivity contribution >= 4 is 22.3 Å². The minimum Gasteiger partial charge on any atom is -0.406 e. The summed E-state index contributed by atoms with van der Waals surface area (Å²) in [6.45, 7) is 0. The Morgan fingerprint density at radius 3 is 1.10 bits per heavy atom. The lowest BCUT2D eigenvalue weighted by Crippen LogP contribution is -2.17. The van der Waals surface area contributed by atoms with Gasteiger partial charge in [0.15, 0.2) is 0 Å². The molecule has 52 heavy (non-hydrogen) atoms. The lowest BCUT2D eigenvalue weighted by molar-refractivity contribution is -0.275. The fraction of sp³-hybridized carbons (Fsp3) is 0.0526. The van der Waals surface area contributed by atoms with Crippen molar-refractivity contribution in [3.8, 4) is 70.2 Å². The molecule has 0 aliphatic heterocycles. The maximum atomic E-state index is 12.9. The van der Waals surface area contributed by atoms with E-state index in [0.717, 1.165) is 24.3 Å². The lowest BCUT2D eigenvalue weighted by atomic mass is 9.86. The summed E-state index contributed by atoms with van der Waals surface area (Å²) < 4.78 is 85.1. The van der Waals surface area contributed by atoms with Crippen LogP contribution in [0.2, 0.25) is 0 Å². The number of alkyl halides is 6. The number of fused-ring (bicyclic) bond motifs is 4. The zero-order valence-corrected chi connectivity index (χ0v) is 25.7. The smallest absolute Gasteiger partial charge is 0.406 e. The summed E-state index contributed by atoms with van der Waals surface area (Å²) in [6.07, 6.45) is -10.0. The standard InChI is InChI=1S/C38H12F6N6O2/c39-37(40,41)51-25-3-7-27(21(9-25)13-45)19-1-5-29-31(11-19)35-34(24(17-49)18-50)30-6-2-20(12-32(30)36(35)33(29)23(15-47)16-48)28-8-4-26(10-22(28)14-46)52-38(42,43)44/h1-12H. The molecule has 6 rings (SSSR count). The van der Waals surface area contributed by atoms with Crippen molar-refractivity contribution in [2.45, 2.75) is 12.7 Å². The largest absolute Gasteiger partial charge is 0.573 e. The van der Waals surface area contributed by atoms with Crippen LogP contribution in [0.5, 0.6) is 11.5 Å². The van der Waals surface area contributed by atoms with Gasteiger partial charge < -0.3 is 9.47 Å². The zero-order valence-electron chi connectivity index (χ0n) is 25.7. The van der Waals surface area contributed by atoms with Gasteiger partial charge in [0.05, 0.1) is 23.3 Å². The number of benzene rings is 4. The molecule has 0 amide bonds. The Morgan fingerprint density at radius 1 is 0.442 bits per heavy atom. The van der Waals surface area contributed by atoms with Gasteiger partial charge in [-0.15, -0.1) is 26.3 Å². The third-order valence-corrected chi connectivity index (χ3v) is 8.13. The molecule has 0 aromatic heterocycles. The van der Waals surface area contributed by atoms with Crippen LogP contribution in [0.15, 0.2) is 83.9 Å². The summed E-state index contributed by atoms with van der Waals surface area (Å²) in [5.41, 5.74) is 2.13. The molecule has 0 radical (unpaired) electrons. The summed E-state index contributed by atoms with van der Waals surface area (Å²) in [5, 5.41) is 59.8. The van der Waals surface area contributed by atoms with Gasteiger partial charge in [0.25, 0.3) is 0 Å². The van der Waals surface area contributed by atoms with Gasteiger partial charge in [0.1, 0.15) is 46.9 Å². The van der Waals surface area contributed by atoms with Crippen molar-refractivity contribution in [3.63, 3.8) is 0 Å². The molecule has 248 valence electrons. The Balaban J connectivity index is 1.61. The van der Waals surface area contributed by atoms with Crippen LogP contribution in [0.1, 0.15) is 33.4 Å². The van der Waals surface area contributed by atoms with E-state index < -0.39 is 24.2 Å². The number of ether oxygens (including phenoxy) is 2. The highest BCUT2D eigenvalue weighted by molar-refractivity contribution is 6.38. The van der Waals surface area contributed by atoms with Gasteiger partial charge in [0, 0.05) is 22.3 Å². The highest BCUT2D eigenvalue weighted by atomic mass is 19.4. The Kier molecular flexibility index (Phi) is 8.26. The monoisotopic (exact) mass is 698 g/mol. The maximum absolute atomic E-state index is 12.9. The molecular weight excluding hydrogens is 686 g/mol. The van der Waals surface area contributed by atoms with Gasteiger partial charge >= 0.3 is 12.7 Å². The first-order valence-corrected chi connectivity index (χ1v) is 14.5. The summed E-state index contributed by atoms with van der Waals surface area (Å²) in [4.78, 5) is 0. The van der Waals surface area contributed by atoms with Gasteiger partial charge in [-0.25, -0.2) is 0 Å². The first-order chi connectivity index (χ1) is 24.7. The van der Waals surface area contributed by atoms with Crippen LogP contribution in [-0.2, 0) is 0 Å². The molecular formula is C38H12F6N6O2. The average Bonchev–Trinajstić information content (AvgIpc) is 3.60. The minimum atomic E-state index is -5.01. The molecule has 0 saturated carbocycles. The molecule has 4 aromatic carbocycles. The minimum absolute atomic E-state index is 0.133.